The van der Waals surface area contributed by atoms with Crippen LogP contribution in [-0.2, 0) is 9.59 Å². The van der Waals surface area contributed by atoms with Crippen LogP contribution in [0.15, 0.2) is 0 Å². The Balaban J connectivity index is 2.40. The lowest BCUT2D eigenvalue weighted by molar-refractivity contribution is -0.134. The molecular formula is C11H21N3O2. The van der Waals surface area contributed by atoms with Crippen molar-refractivity contribution in [3.05, 3.63) is 0 Å². The molecule has 0 saturated carbocycles. The van der Waals surface area contributed by atoms with Gasteiger partial charge in [0.15, 0.2) is 0 Å². The van der Waals surface area contributed by atoms with Gasteiger partial charge in [0.25, 0.3) is 0 Å². The van der Waals surface area contributed by atoms with E-state index in [2.05, 4.69) is 10.6 Å². The lowest BCUT2D eigenvalue weighted by atomic mass is 10.0. The van der Waals surface area contributed by atoms with E-state index in [9.17, 15) is 9.59 Å². The van der Waals surface area contributed by atoms with Crippen LogP contribution >= 0.6 is 0 Å². The van der Waals surface area contributed by atoms with Crippen LogP contribution in [0.4, 0.5) is 0 Å². The molecule has 2 atom stereocenters. The normalized spacial score (nSPS) is 22.3. The number of carbonyl (C=O) groups is 2. The molecule has 1 saturated heterocycles. The lowest BCUT2D eigenvalue weighted by Crippen LogP contribution is -2.52. The lowest BCUT2D eigenvalue weighted by Gasteiger charge is -2.25. The van der Waals surface area contributed by atoms with Crippen LogP contribution in [-0.4, -0.2) is 49.4 Å². The number of nitrogens with zero attached hydrogens (tertiary/aromatic N) is 1. The molecule has 1 aliphatic heterocycles. The molecule has 1 rings (SSSR count). The van der Waals surface area contributed by atoms with Crippen LogP contribution in [0.25, 0.3) is 0 Å². The molecule has 0 radical (unpaired) electrons. The van der Waals surface area contributed by atoms with Crippen molar-refractivity contribution in [1.82, 2.24) is 15.5 Å². The maximum atomic E-state index is 11.8. The molecule has 0 aromatic rings. The largest absolute Gasteiger partial charge is 0.347 e. The molecule has 0 spiro atoms. The standard InChI is InChI=1S/C11H21N3O2/c1-8(11(16)14(2)3)13-10(15)9-6-4-5-7-12-9/h8-9,12H,4-7H2,1-3H3,(H,13,15). The van der Waals surface area contributed by atoms with Crippen molar-refractivity contribution >= 4 is 11.8 Å². The molecule has 2 N–H and O–H groups in total. The van der Waals surface area contributed by atoms with Crippen molar-refractivity contribution in [2.75, 3.05) is 20.6 Å². The number of hydrogen-bond acceptors (Lipinski definition) is 3. The van der Waals surface area contributed by atoms with Crippen LogP contribution in [0.5, 0.6) is 0 Å². The number of rotatable bonds is 3. The van der Waals surface area contributed by atoms with Gasteiger partial charge < -0.3 is 15.5 Å². The van der Waals surface area contributed by atoms with Gasteiger partial charge in [0.2, 0.25) is 11.8 Å². The van der Waals surface area contributed by atoms with Crippen LogP contribution in [0, 0.1) is 0 Å². The van der Waals surface area contributed by atoms with Gasteiger partial charge in [-0.25, -0.2) is 0 Å². The van der Waals surface area contributed by atoms with Crippen molar-refractivity contribution in [2.24, 2.45) is 0 Å². The zero-order valence-electron chi connectivity index (χ0n) is 10.2. The average molecular weight is 227 g/mol. The molecule has 16 heavy (non-hydrogen) atoms. The first kappa shape index (κ1) is 13.0. The van der Waals surface area contributed by atoms with Crippen LogP contribution in [0.3, 0.4) is 0 Å². The first-order valence-electron chi connectivity index (χ1n) is 5.77. The molecule has 1 fully saturated rings. The molecule has 0 aromatic heterocycles. The highest BCUT2D eigenvalue weighted by Crippen LogP contribution is 2.07. The van der Waals surface area contributed by atoms with E-state index in [0.29, 0.717) is 0 Å². The predicted octanol–water partition coefficient (Wildman–Crippen LogP) is -0.279. The van der Waals surface area contributed by atoms with E-state index >= 15 is 0 Å². The van der Waals surface area contributed by atoms with E-state index < -0.39 is 6.04 Å². The van der Waals surface area contributed by atoms with Crippen LogP contribution in [0.2, 0.25) is 0 Å². The van der Waals surface area contributed by atoms with Crippen molar-refractivity contribution in [3.8, 4) is 0 Å². The molecule has 0 aliphatic carbocycles. The molecule has 92 valence electrons. The summed E-state index contributed by atoms with van der Waals surface area (Å²) in [5, 5.41) is 5.89. The summed E-state index contributed by atoms with van der Waals surface area (Å²) in [6, 6.07) is -0.586. The van der Waals surface area contributed by atoms with Gasteiger partial charge >= 0.3 is 0 Å². The molecule has 0 aromatic carbocycles. The molecule has 1 aliphatic rings. The van der Waals surface area contributed by atoms with E-state index in [1.54, 1.807) is 21.0 Å². The number of likely N-dealkylation sites (N-methyl/N-ethyl adjacent to an activating group) is 1. The smallest absolute Gasteiger partial charge is 0.244 e. The summed E-state index contributed by atoms with van der Waals surface area (Å²) in [5.41, 5.74) is 0. The predicted molar refractivity (Wildman–Crippen MR) is 61.9 cm³/mol. The second-order valence-electron chi connectivity index (χ2n) is 4.47. The monoisotopic (exact) mass is 227 g/mol. The average Bonchev–Trinajstić information content (AvgIpc) is 2.28. The molecule has 2 unspecified atom stereocenters. The summed E-state index contributed by atoms with van der Waals surface area (Å²) in [6.45, 7) is 2.59. The minimum Gasteiger partial charge on any atom is -0.347 e. The number of piperidine rings is 1. The van der Waals surface area contributed by atoms with Crippen molar-refractivity contribution in [2.45, 2.75) is 38.3 Å². The fourth-order valence-electron chi connectivity index (χ4n) is 1.84. The van der Waals surface area contributed by atoms with Gasteiger partial charge in [0.1, 0.15) is 6.04 Å². The van der Waals surface area contributed by atoms with Gasteiger partial charge in [-0.3, -0.25) is 9.59 Å². The first-order valence-corrected chi connectivity index (χ1v) is 5.77. The maximum Gasteiger partial charge on any atom is 0.244 e. The number of nitrogens with one attached hydrogen (secondary N) is 2. The molecular weight excluding hydrogens is 206 g/mol. The molecule has 2 amide bonds. The SMILES string of the molecule is CC(NC(=O)C1CCCCN1)C(=O)N(C)C. The van der Waals surface area contributed by atoms with Crippen molar-refractivity contribution < 1.29 is 9.59 Å². The Morgan fingerprint density at radius 1 is 1.38 bits per heavy atom. The molecule has 5 heteroatoms. The van der Waals surface area contributed by atoms with Gasteiger partial charge in [0, 0.05) is 14.1 Å². The topological polar surface area (TPSA) is 61.4 Å². The second kappa shape index (κ2) is 5.84. The molecule has 0 bridgehead atoms. The number of carbonyl (C=O) groups excluding carboxylic acids is 2. The third kappa shape index (κ3) is 3.48. The first-order chi connectivity index (χ1) is 7.52. The Morgan fingerprint density at radius 2 is 2.06 bits per heavy atom. The maximum absolute atomic E-state index is 11.8. The van der Waals surface area contributed by atoms with Gasteiger partial charge in [-0.05, 0) is 26.3 Å². The summed E-state index contributed by atoms with van der Waals surface area (Å²) in [4.78, 5) is 24.8. The Morgan fingerprint density at radius 3 is 2.56 bits per heavy atom. The highest BCUT2D eigenvalue weighted by Gasteiger charge is 2.24. The molecule has 5 nitrogen and oxygen atoms in total. The fourth-order valence-corrected chi connectivity index (χ4v) is 1.84. The van der Waals surface area contributed by atoms with E-state index in [-0.39, 0.29) is 17.9 Å². The Hall–Kier alpha value is -1.10. The van der Waals surface area contributed by atoms with Gasteiger partial charge in [-0.2, -0.15) is 0 Å². The zero-order chi connectivity index (χ0) is 12.1. The fraction of sp³-hybridized carbons (Fsp3) is 0.818. The summed E-state index contributed by atoms with van der Waals surface area (Å²) in [7, 11) is 3.37. The minimum absolute atomic E-state index is 0.0672. The van der Waals surface area contributed by atoms with E-state index in [0.717, 1.165) is 25.8 Å². The summed E-state index contributed by atoms with van der Waals surface area (Å²) in [6.07, 6.45) is 3.05. The molecule has 1 heterocycles. The summed E-state index contributed by atoms with van der Waals surface area (Å²) in [5.74, 6) is -0.147. The third-order valence-corrected chi connectivity index (χ3v) is 2.80. The Labute approximate surface area is 96.6 Å². The van der Waals surface area contributed by atoms with Crippen molar-refractivity contribution in [1.29, 1.82) is 0 Å². The highest BCUT2D eigenvalue weighted by molar-refractivity contribution is 5.89. The Bertz CT molecular complexity index is 260. The Kier molecular flexibility index (Phi) is 4.73. The summed E-state index contributed by atoms with van der Waals surface area (Å²) < 4.78 is 0. The van der Waals surface area contributed by atoms with Crippen LogP contribution in [0.1, 0.15) is 26.2 Å². The summed E-state index contributed by atoms with van der Waals surface area (Å²) >= 11 is 0. The quantitative estimate of drug-likeness (QED) is 0.697. The zero-order valence-corrected chi connectivity index (χ0v) is 10.2. The minimum atomic E-state index is -0.453. The van der Waals surface area contributed by atoms with Gasteiger partial charge in [-0.1, -0.05) is 6.42 Å². The second-order valence-corrected chi connectivity index (χ2v) is 4.47. The van der Waals surface area contributed by atoms with E-state index in [4.69, 9.17) is 0 Å². The van der Waals surface area contributed by atoms with Crippen LogP contribution < -0.4 is 10.6 Å². The van der Waals surface area contributed by atoms with Crippen molar-refractivity contribution in [3.63, 3.8) is 0 Å². The van der Waals surface area contributed by atoms with E-state index in [1.807, 2.05) is 0 Å². The number of hydrogen-bond donors (Lipinski definition) is 2. The highest BCUT2D eigenvalue weighted by atomic mass is 16.2. The third-order valence-electron chi connectivity index (χ3n) is 2.80. The van der Waals surface area contributed by atoms with E-state index in [1.165, 1.54) is 4.90 Å². The van der Waals surface area contributed by atoms with Gasteiger partial charge in [-0.15, -0.1) is 0 Å². The van der Waals surface area contributed by atoms with Gasteiger partial charge in [0.05, 0.1) is 6.04 Å². The number of amides is 2.